The molecule has 108 valence electrons. The van der Waals surface area contributed by atoms with Gasteiger partial charge in [-0.2, -0.15) is 0 Å². The van der Waals surface area contributed by atoms with E-state index in [2.05, 4.69) is 15.0 Å². The van der Waals surface area contributed by atoms with Gasteiger partial charge in [0.25, 0.3) is 5.56 Å². The largest absolute Gasteiger partial charge is 0.327 e. The molecule has 0 atom stereocenters. The first kappa shape index (κ1) is 14.0. The van der Waals surface area contributed by atoms with Crippen molar-refractivity contribution in [2.24, 2.45) is 14.1 Å². The van der Waals surface area contributed by atoms with Crippen LogP contribution in [0.15, 0.2) is 34.5 Å². The summed E-state index contributed by atoms with van der Waals surface area (Å²) in [6, 6.07) is 3.91. The van der Waals surface area contributed by atoms with Crippen molar-refractivity contribution in [1.82, 2.24) is 24.1 Å². The molecule has 3 aromatic rings. The van der Waals surface area contributed by atoms with E-state index in [9.17, 15) is 4.79 Å². The van der Waals surface area contributed by atoms with Crippen LogP contribution in [-0.2, 0) is 19.8 Å². The van der Waals surface area contributed by atoms with Crippen LogP contribution in [0.3, 0.4) is 0 Å². The lowest BCUT2D eigenvalue weighted by Crippen LogP contribution is -2.21. The van der Waals surface area contributed by atoms with Gasteiger partial charge in [0.1, 0.15) is 0 Å². The average Bonchev–Trinajstić information content (AvgIpc) is 2.94. The van der Waals surface area contributed by atoms with Gasteiger partial charge in [0.05, 0.1) is 0 Å². The van der Waals surface area contributed by atoms with E-state index in [-0.39, 0.29) is 5.56 Å². The summed E-state index contributed by atoms with van der Waals surface area (Å²) in [5.74, 6) is 0.757. The lowest BCUT2D eigenvalue weighted by atomic mass is 10.3. The molecule has 0 aliphatic heterocycles. The third-order valence-corrected chi connectivity index (χ3v) is 4.69. The lowest BCUT2D eigenvalue weighted by molar-refractivity contribution is 0.741. The van der Waals surface area contributed by atoms with Crippen molar-refractivity contribution in [3.63, 3.8) is 0 Å². The minimum absolute atomic E-state index is 0.156. The van der Waals surface area contributed by atoms with E-state index in [0.29, 0.717) is 21.1 Å². The molecule has 0 radical (unpaired) electrons. The van der Waals surface area contributed by atoms with Gasteiger partial charge in [0.15, 0.2) is 21.1 Å². The fourth-order valence-corrected chi connectivity index (χ4v) is 2.99. The summed E-state index contributed by atoms with van der Waals surface area (Å²) in [5.41, 5.74) is 2.05. The van der Waals surface area contributed by atoms with E-state index in [4.69, 9.17) is 12.2 Å². The number of hydrogen-bond donors (Lipinski definition) is 1. The van der Waals surface area contributed by atoms with Crippen LogP contribution in [0.1, 0.15) is 5.56 Å². The van der Waals surface area contributed by atoms with E-state index in [1.54, 1.807) is 24.0 Å². The molecule has 3 heterocycles. The number of aryl methyl sites for hydroxylation is 1. The van der Waals surface area contributed by atoms with Crippen molar-refractivity contribution >= 4 is 35.1 Å². The summed E-state index contributed by atoms with van der Waals surface area (Å²) in [6.45, 7) is 0. The van der Waals surface area contributed by atoms with Crippen molar-refractivity contribution < 1.29 is 0 Å². The van der Waals surface area contributed by atoms with E-state index in [1.165, 1.54) is 16.3 Å². The number of imidazole rings is 1. The molecule has 3 aromatic heterocycles. The maximum Gasteiger partial charge on any atom is 0.280 e. The summed E-state index contributed by atoms with van der Waals surface area (Å²) < 4.78 is 3.62. The Bertz CT molecular complexity index is 910. The number of pyridine rings is 1. The van der Waals surface area contributed by atoms with E-state index < -0.39 is 0 Å². The Labute approximate surface area is 129 Å². The molecule has 1 N–H and O–H groups in total. The molecule has 0 fully saturated rings. The molecular weight excluding hydrogens is 306 g/mol. The van der Waals surface area contributed by atoms with Gasteiger partial charge >= 0.3 is 0 Å². The molecule has 0 aliphatic carbocycles. The van der Waals surface area contributed by atoms with Gasteiger partial charge in [-0.25, -0.2) is 4.98 Å². The molecule has 3 rings (SSSR count). The summed E-state index contributed by atoms with van der Waals surface area (Å²) >= 11 is 6.76. The average molecular weight is 319 g/mol. The zero-order valence-electron chi connectivity index (χ0n) is 11.5. The van der Waals surface area contributed by atoms with Crippen molar-refractivity contribution in [3.8, 4) is 0 Å². The number of hydrogen-bond acceptors (Lipinski definition) is 5. The van der Waals surface area contributed by atoms with E-state index >= 15 is 0 Å². The maximum absolute atomic E-state index is 12.2. The molecule has 6 nitrogen and oxygen atoms in total. The molecule has 0 unspecified atom stereocenters. The van der Waals surface area contributed by atoms with Crippen LogP contribution < -0.4 is 5.56 Å². The fourth-order valence-electron chi connectivity index (χ4n) is 2.00. The number of nitrogens with zero attached hydrogens (tertiary/aromatic N) is 4. The Hall–Kier alpha value is -1.93. The van der Waals surface area contributed by atoms with Crippen LogP contribution in [0.4, 0.5) is 0 Å². The van der Waals surface area contributed by atoms with Gasteiger partial charge in [-0.3, -0.25) is 14.3 Å². The Balaban J connectivity index is 1.99. The molecule has 0 spiro atoms. The van der Waals surface area contributed by atoms with Crippen molar-refractivity contribution in [2.75, 3.05) is 0 Å². The zero-order chi connectivity index (χ0) is 15.0. The number of thioether (sulfide) groups is 1. The predicted octanol–water partition coefficient (Wildman–Crippen LogP) is 2.02. The lowest BCUT2D eigenvalue weighted by Gasteiger charge is -2.03. The Kier molecular flexibility index (Phi) is 3.64. The van der Waals surface area contributed by atoms with Gasteiger partial charge < -0.3 is 9.55 Å². The van der Waals surface area contributed by atoms with Gasteiger partial charge in [0, 0.05) is 32.2 Å². The molecule has 0 saturated carbocycles. The first-order valence-electron chi connectivity index (χ1n) is 6.25. The van der Waals surface area contributed by atoms with Gasteiger partial charge in [-0.15, -0.1) is 0 Å². The molecule has 0 bridgehead atoms. The topological polar surface area (TPSA) is 68.5 Å². The number of aromatic nitrogens is 5. The first-order chi connectivity index (χ1) is 10.1. The second-order valence-corrected chi connectivity index (χ2v) is 5.92. The normalized spacial score (nSPS) is 11.1. The van der Waals surface area contributed by atoms with Crippen LogP contribution in [-0.4, -0.2) is 24.1 Å². The molecule has 8 heteroatoms. The maximum atomic E-state index is 12.2. The highest BCUT2D eigenvalue weighted by molar-refractivity contribution is 7.98. The van der Waals surface area contributed by atoms with Crippen LogP contribution >= 0.6 is 24.0 Å². The smallest absolute Gasteiger partial charge is 0.280 e. The summed E-state index contributed by atoms with van der Waals surface area (Å²) in [4.78, 5) is 23.7. The van der Waals surface area contributed by atoms with Crippen molar-refractivity contribution in [2.45, 2.75) is 10.9 Å². The second kappa shape index (κ2) is 5.45. The quantitative estimate of drug-likeness (QED) is 0.591. The fraction of sp³-hybridized carbons (Fsp3) is 0.231. The first-order valence-corrected chi connectivity index (χ1v) is 7.64. The highest BCUT2D eigenvalue weighted by Crippen LogP contribution is 2.21. The number of aromatic amines is 1. The standard InChI is InChI=1S/C13H13N5OS2/c1-17-10-9(11(19)18(2)13(17)20)15-12(16-10)21-7-8-3-5-14-6-4-8/h3-6H,7H2,1-2H3,(H,15,16). The summed E-state index contributed by atoms with van der Waals surface area (Å²) in [6.07, 6.45) is 3.52. The van der Waals surface area contributed by atoms with E-state index in [0.717, 1.165) is 11.3 Å². The Morgan fingerprint density at radius 2 is 2.00 bits per heavy atom. The van der Waals surface area contributed by atoms with Gasteiger partial charge in [-0.1, -0.05) is 11.8 Å². The summed E-state index contributed by atoms with van der Waals surface area (Å²) in [5, 5.41) is 0.704. The second-order valence-electron chi connectivity index (χ2n) is 4.59. The van der Waals surface area contributed by atoms with Crippen LogP contribution in [0.5, 0.6) is 0 Å². The third-order valence-electron chi connectivity index (χ3n) is 3.20. The van der Waals surface area contributed by atoms with Gasteiger partial charge in [-0.05, 0) is 29.9 Å². The number of fused-ring (bicyclic) bond motifs is 1. The Morgan fingerprint density at radius 3 is 2.71 bits per heavy atom. The van der Waals surface area contributed by atoms with Crippen molar-refractivity contribution in [1.29, 1.82) is 0 Å². The van der Waals surface area contributed by atoms with E-state index in [1.807, 2.05) is 19.2 Å². The third kappa shape index (κ3) is 2.52. The highest BCUT2D eigenvalue weighted by atomic mass is 32.2. The number of nitrogens with one attached hydrogen (secondary N) is 1. The molecule has 0 aliphatic rings. The van der Waals surface area contributed by atoms with Crippen LogP contribution in [0.2, 0.25) is 0 Å². The van der Waals surface area contributed by atoms with Crippen molar-refractivity contribution in [3.05, 3.63) is 45.2 Å². The molecule has 0 saturated heterocycles. The molecule has 0 aromatic carbocycles. The SMILES string of the molecule is Cn1c(=O)c2[nH]c(SCc3ccncc3)nc2n(C)c1=S. The number of H-pyrrole nitrogens is 1. The molecule has 21 heavy (non-hydrogen) atoms. The van der Waals surface area contributed by atoms with Crippen LogP contribution in [0, 0.1) is 4.77 Å². The summed E-state index contributed by atoms with van der Waals surface area (Å²) in [7, 11) is 3.47. The predicted molar refractivity (Wildman–Crippen MR) is 84.9 cm³/mol. The Morgan fingerprint density at radius 1 is 1.29 bits per heavy atom. The monoisotopic (exact) mass is 319 g/mol. The molecule has 0 amide bonds. The number of rotatable bonds is 3. The minimum atomic E-state index is -0.156. The highest BCUT2D eigenvalue weighted by Gasteiger charge is 2.12. The van der Waals surface area contributed by atoms with Gasteiger partial charge in [0.2, 0.25) is 0 Å². The van der Waals surface area contributed by atoms with Crippen LogP contribution in [0.25, 0.3) is 11.2 Å². The zero-order valence-corrected chi connectivity index (χ0v) is 13.2. The molecular formula is C13H13N5OS2. The minimum Gasteiger partial charge on any atom is -0.327 e.